The standard InChI is InChI=1S/C11H12N2O.C5H12.2C2H6.2CH4/c1-3-10-12-9-7-5-4-6-8(9)11(14)13(10)2;1-5(2,3)4;2*1-2;;/h4-7H,3H2,1-2H3;1-4H3;2*1-2H3;2*1H4. The summed E-state index contributed by atoms with van der Waals surface area (Å²) in [6.45, 7) is 18.7. The monoisotopic (exact) mass is 352 g/mol. The fourth-order valence-corrected chi connectivity index (χ4v) is 1.58. The number of fused-ring (bicyclic) bond motifs is 1. The summed E-state index contributed by atoms with van der Waals surface area (Å²) in [6.07, 6.45) is 0.774. The molecule has 0 atom stereocenters. The van der Waals surface area contributed by atoms with Crippen LogP contribution in [0.5, 0.6) is 0 Å². The maximum Gasteiger partial charge on any atom is 0.261 e. The number of hydrogen-bond acceptors (Lipinski definition) is 2. The number of para-hydroxylation sites is 1. The van der Waals surface area contributed by atoms with Crippen molar-refractivity contribution in [3.63, 3.8) is 0 Å². The average Bonchev–Trinajstić information content (AvgIpc) is 2.53. The van der Waals surface area contributed by atoms with E-state index in [0.717, 1.165) is 17.8 Å². The fraction of sp³-hybridized carbons (Fsp3) is 0.636. The molecule has 25 heavy (non-hydrogen) atoms. The minimum Gasteiger partial charge on any atom is -0.299 e. The second kappa shape index (κ2) is 15.9. The van der Waals surface area contributed by atoms with Gasteiger partial charge in [-0.3, -0.25) is 9.36 Å². The SMILES string of the molecule is C.C.CC.CC.CC(C)(C)C.CCc1nc2ccccc2c(=O)n1C. The quantitative estimate of drug-likeness (QED) is 0.561. The van der Waals surface area contributed by atoms with Crippen LogP contribution in [-0.2, 0) is 13.5 Å². The van der Waals surface area contributed by atoms with Gasteiger partial charge < -0.3 is 0 Å². The van der Waals surface area contributed by atoms with Crippen LogP contribution in [0.15, 0.2) is 29.1 Å². The first-order valence-electron chi connectivity index (χ1n) is 8.68. The van der Waals surface area contributed by atoms with Crippen molar-refractivity contribution in [3.05, 3.63) is 40.4 Å². The van der Waals surface area contributed by atoms with Crippen molar-refractivity contribution in [1.29, 1.82) is 0 Å². The predicted octanol–water partition coefficient (Wildman–Crippen LogP) is 6.87. The van der Waals surface area contributed by atoms with Gasteiger partial charge in [0.2, 0.25) is 0 Å². The van der Waals surface area contributed by atoms with Gasteiger partial charge in [0.25, 0.3) is 5.56 Å². The highest BCUT2D eigenvalue weighted by molar-refractivity contribution is 5.77. The van der Waals surface area contributed by atoms with Gasteiger partial charge in [0, 0.05) is 13.5 Å². The molecule has 0 aliphatic heterocycles. The Balaban J connectivity index is -0.000000173. The van der Waals surface area contributed by atoms with E-state index in [-0.39, 0.29) is 20.4 Å². The van der Waals surface area contributed by atoms with Crippen LogP contribution in [0.25, 0.3) is 10.9 Å². The van der Waals surface area contributed by atoms with Crippen LogP contribution < -0.4 is 5.56 Å². The van der Waals surface area contributed by atoms with E-state index >= 15 is 0 Å². The lowest BCUT2D eigenvalue weighted by atomic mass is 10.0. The number of aromatic nitrogens is 2. The highest BCUT2D eigenvalue weighted by atomic mass is 16.1. The number of aryl methyl sites for hydroxylation is 1. The van der Waals surface area contributed by atoms with Crippen LogP contribution in [0.2, 0.25) is 0 Å². The zero-order valence-electron chi connectivity index (χ0n) is 16.8. The zero-order chi connectivity index (χ0) is 18.6. The minimum atomic E-state index is 0. The predicted molar refractivity (Wildman–Crippen MR) is 118 cm³/mol. The summed E-state index contributed by atoms with van der Waals surface area (Å²) in [6, 6.07) is 7.44. The molecule has 0 saturated carbocycles. The summed E-state index contributed by atoms with van der Waals surface area (Å²) in [5.74, 6) is 0.828. The molecule has 1 heterocycles. The van der Waals surface area contributed by atoms with E-state index in [1.54, 1.807) is 11.6 Å². The van der Waals surface area contributed by atoms with E-state index in [9.17, 15) is 4.79 Å². The molecule has 0 N–H and O–H groups in total. The van der Waals surface area contributed by atoms with Crippen LogP contribution in [0.1, 0.15) is 83.0 Å². The van der Waals surface area contributed by atoms with Crippen LogP contribution >= 0.6 is 0 Å². The van der Waals surface area contributed by atoms with Crippen LogP contribution in [0.3, 0.4) is 0 Å². The first kappa shape index (κ1) is 31.2. The second-order valence-corrected chi connectivity index (χ2v) is 6.26. The van der Waals surface area contributed by atoms with Gasteiger partial charge in [-0.2, -0.15) is 0 Å². The van der Waals surface area contributed by atoms with Crippen molar-refractivity contribution >= 4 is 10.9 Å². The molecule has 0 aliphatic rings. The molecule has 1 aromatic carbocycles. The van der Waals surface area contributed by atoms with Gasteiger partial charge in [-0.25, -0.2) is 4.98 Å². The molecule has 148 valence electrons. The van der Waals surface area contributed by atoms with E-state index in [1.807, 2.05) is 58.9 Å². The Kier molecular flexibility index (Phi) is 19.8. The third-order valence-corrected chi connectivity index (χ3v) is 2.39. The van der Waals surface area contributed by atoms with Gasteiger partial charge in [0.1, 0.15) is 5.82 Å². The highest BCUT2D eigenvalue weighted by Crippen LogP contribution is 2.08. The summed E-state index contributed by atoms with van der Waals surface area (Å²) in [5, 5.41) is 0.687. The van der Waals surface area contributed by atoms with Crippen LogP contribution in [0.4, 0.5) is 0 Å². The Morgan fingerprint density at radius 1 is 0.960 bits per heavy atom. The van der Waals surface area contributed by atoms with Gasteiger partial charge in [-0.15, -0.1) is 0 Å². The Morgan fingerprint density at radius 2 is 1.36 bits per heavy atom. The maximum absolute atomic E-state index is 11.8. The van der Waals surface area contributed by atoms with E-state index in [1.165, 1.54) is 0 Å². The van der Waals surface area contributed by atoms with Gasteiger partial charge in [0.05, 0.1) is 10.9 Å². The van der Waals surface area contributed by atoms with Crippen molar-refractivity contribution < 1.29 is 0 Å². The van der Waals surface area contributed by atoms with Crippen molar-refractivity contribution in [1.82, 2.24) is 9.55 Å². The third-order valence-electron chi connectivity index (χ3n) is 2.39. The lowest BCUT2D eigenvalue weighted by Crippen LogP contribution is -2.21. The summed E-state index contributed by atoms with van der Waals surface area (Å²) in [5.41, 5.74) is 1.32. The van der Waals surface area contributed by atoms with E-state index in [4.69, 9.17) is 0 Å². The largest absolute Gasteiger partial charge is 0.299 e. The number of rotatable bonds is 1. The molecule has 0 spiro atoms. The van der Waals surface area contributed by atoms with Crippen molar-refractivity contribution in [2.75, 3.05) is 0 Å². The van der Waals surface area contributed by atoms with Gasteiger partial charge in [0.15, 0.2) is 0 Å². The molecule has 0 fully saturated rings. The molecule has 0 unspecified atom stereocenters. The molecule has 2 aromatic rings. The van der Waals surface area contributed by atoms with E-state index in [0.29, 0.717) is 10.8 Å². The van der Waals surface area contributed by atoms with Gasteiger partial charge in [-0.05, 0) is 17.5 Å². The highest BCUT2D eigenvalue weighted by Gasteiger charge is 2.04. The molecule has 0 aliphatic carbocycles. The van der Waals surface area contributed by atoms with E-state index < -0.39 is 0 Å². The summed E-state index contributed by atoms with van der Waals surface area (Å²) >= 11 is 0. The molecular formula is C22H44N2O. The molecule has 0 amide bonds. The Morgan fingerprint density at radius 3 is 1.76 bits per heavy atom. The number of benzene rings is 1. The maximum atomic E-state index is 11.8. The molecule has 1 aromatic heterocycles. The topological polar surface area (TPSA) is 34.9 Å². The summed E-state index contributed by atoms with van der Waals surface area (Å²) < 4.78 is 1.61. The van der Waals surface area contributed by atoms with Gasteiger partial charge >= 0.3 is 0 Å². The van der Waals surface area contributed by atoms with Crippen LogP contribution in [-0.4, -0.2) is 9.55 Å². The molecule has 3 heteroatoms. The first-order valence-corrected chi connectivity index (χ1v) is 8.68. The zero-order valence-corrected chi connectivity index (χ0v) is 16.8. The molecule has 3 nitrogen and oxygen atoms in total. The summed E-state index contributed by atoms with van der Waals surface area (Å²) in [7, 11) is 1.76. The minimum absolute atomic E-state index is 0. The molecule has 2 rings (SSSR count). The Bertz CT molecular complexity index is 601. The molecular weight excluding hydrogens is 308 g/mol. The van der Waals surface area contributed by atoms with Crippen molar-refractivity contribution in [3.8, 4) is 0 Å². The van der Waals surface area contributed by atoms with E-state index in [2.05, 4.69) is 32.7 Å². The second-order valence-electron chi connectivity index (χ2n) is 6.26. The fourth-order valence-electron chi connectivity index (χ4n) is 1.58. The normalized spacial score (nSPS) is 8.88. The molecule has 0 radical (unpaired) electrons. The Labute approximate surface area is 157 Å². The lowest BCUT2D eigenvalue weighted by molar-refractivity contribution is 0.469. The van der Waals surface area contributed by atoms with Crippen molar-refractivity contribution in [2.24, 2.45) is 12.5 Å². The number of hydrogen-bond donors (Lipinski definition) is 0. The average molecular weight is 353 g/mol. The third kappa shape index (κ3) is 12.4. The van der Waals surface area contributed by atoms with Crippen molar-refractivity contribution in [2.45, 2.75) is 83.6 Å². The number of nitrogens with zero attached hydrogens (tertiary/aromatic N) is 2. The smallest absolute Gasteiger partial charge is 0.261 e. The molecule has 0 bridgehead atoms. The van der Waals surface area contributed by atoms with Crippen LogP contribution in [0, 0.1) is 5.41 Å². The van der Waals surface area contributed by atoms with Gasteiger partial charge in [-0.1, -0.05) is 89.3 Å². The summed E-state index contributed by atoms with van der Waals surface area (Å²) in [4.78, 5) is 16.2. The first-order chi connectivity index (χ1) is 10.7. The molecule has 0 saturated heterocycles. The lowest BCUT2D eigenvalue weighted by Gasteiger charge is -2.06. The Hall–Kier alpha value is -1.64.